The number of ether oxygens (including phenoxy) is 1. The fraction of sp³-hybridized carbons (Fsp3) is 0.286. The molecular weight excluding hydrogens is 475 g/mol. The number of anilines is 1. The summed E-state index contributed by atoms with van der Waals surface area (Å²) in [6.07, 6.45) is -3.18. The van der Waals surface area contributed by atoms with Crippen LogP contribution in [-0.2, 0) is 0 Å². The lowest BCUT2D eigenvalue weighted by molar-refractivity contribution is -0.385. The van der Waals surface area contributed by atoms with Crippen LogP contribution in [0.3, 0.4) is 0 Å². The van der Waals surface area contributed by atoms with Gasteiger partial charge >= 0.3 is 6.18 Å². The quantitative estimate of drug-likeness (QED) is 0.374. The summed E-state index contributed by atoms with van der Waals surface area (Å²) in [5, 5.41) is 20.8. The van der Waals surface area contributed by atoms with Gasteiger partial charge in [-0.2, -0.15) is 23.4 Å². The summed E-state index contributed by atoms with van der Waals surface area (Å²) >= 11 is 0. The van der Waals surface area contributed by atoms with Gasteiger partial charge in [0.25, 0.3) is 17.5 Å². The van der Waals surface area contributed by atoms with Gasteiger partial charge in [0, 0.05) is 32.2 Å². The number of carbonyl (C=O) groups excluding carboxylic acids is 1. The Balaban J connectivity index is 1.49. The number of hydrogen-bond acceptors (Lipinski definition) is 9. The molecule has 14 heteroatoms. The van der Waals surface area contributed by atoms with E-state index in [2.05, 4.69) is 9.72 Å². The van der Waals surface area contributed by atoms with Crippen molar-refractivity contribution in [2.24, 2.45) is 0 Å². The molecule has 1 saturated heterocycles. The molecule has 4 rings (SSSR count). The van der Waals surface area contributed by atoms with Gasteiger partial charge in [-0.3, -0.25) is 14.9 Å². The molecule has 1 aromatic carbocycles. The van der Waals surface area contributed by atoms with E-state index in [0.29, 0.717) is 5.76 Å². The highest BCUT2D eigenvalue weighted by Crippen LogP contribution is 2.30. The third-order valence-electron chi connectivity index (χ3n) is 5.10. The highest BCUT2D eigenvalue weighted by molar-refractivity contribution is 5.98. The average molecular weight is 491 g/mol. The van der Waals surface area contributed by atoms with Crippen LogP contribution in [0.4, 0.5) is 24.7 Å². The van der Waals surface area contributed by atoms with E-state index in [9.17, 15) is 33.3 Å². The van der Waals surface area contributed by atoms with Gasteiger partial charge in [0.2, 0.25) is 11.6 Å². The number of hydrogen-bond donors (Lipinski definition) is 0. The number of nitro benzene ring substituents is 1. The van der Waals surface area contributed by atoms with Crippen molar-refractivity contribution in [3.63, 3.8) is 0 Å². The Morgan fingerprint density at radius 1 is 1.26 bits per heavy atom. The molecule has 35 heavy (non-hydrogen) atoms. The Bertz CT molecular complexity index is 1270. The number of piperazine rings is 1. The fourth-order valence-corrected chi connectivity index (χ4v) is 3.49. The van der Waals surface area contributed by atoms with E-state index in [-0.39, 0.29) is 55.0 Å². The van der Waals surface area contributed by atoms with Gasteiger partial charge in [-0.05, 0) is 24.3 Å². The number of benzene rings is 1. The van der Waals surface area contributed by atoms with Crippen LogP contribution in [0, 0.1) is 21.4 Å². The second-order valence-corrected chi connectivity index (χ2v) is 7.38. The zero-order valence-corrected chi connectivity index (χ0v) is 17.8. The molecule has 2 aromatic heterocycles. The Labute approximate surface area is 195 Å². The largest absolute Gasteiger partial charge is 0.484 e. The van der Waals surface area contributed by atoms with Crippen molar-refractivity contribution in [3.8, 4) is 23.5 Å². The minimum Gasteiger partial charge on any atom is -0.484 e. The molecule has 1 aliphatic heterocycles. The maximum Gasteiger partial charge on any atom is 0.422 e. The second kappa shape index (κ2) is 9.37. The lowest BCUT2D eigenvalue weighted by atomic mass is 10.1. The molecule has 1 amide bonds. The first-order valence-corrected chi connectivity index (χ1v) is 10.1. The SMILES string of the molecule is N#Cc1nc(-c2ccco2)oc1N1CCN(C(=O)c2cc(OCC(F)(F)F)ccc2[N+](=O)[O-])CC1. The molecule has 182 valence electrons. The highest BCUT2D eigenvalue weighted by atomic mass is 19.4. The number of aromatic nitrogens is 1. The average Bonchev–Trinajstić information content (AvgIpc) is 3.51. The Hall–Kier alpha value is -4.54. The smallest absolute Gasteiger partial charge is 0.422 e. The zero-order valence-electron chi connectivity index (χ0n) is 17.8. The van der Waals surface area contributed by atoms with Crippen LogP contribution >= 0.6 is 0 Å². The van der Waals surface area contributed by atoms with Crippen molar-refractivity contribution in [3.05, 3.63) is 58.0 Å². The Morgan fingerprint density at radius 3 is 2.60 bits per heavy atom. The first kappa shape index (κ1) is 23.6. The predicted octanol–water partition coefficient (Wildman–Crippen LogP) is 3.62. The monoisotopic (exact) mass is 491 g/mol. The van der Waals surface area contributed by atoms with Crippen molar-refractivity contribution < 1.29 is 36.5 Å². The standard InChI is InChI=1S/C21H16F3N5O6/c22-21(23,24)12-34-13-3-4-16(29(31)32)14(10-13)19(30)27-5-7-28(8-6-27)20-15(11-25)26-18(35-20)17-2-1-9-33-17/h1-4,9-10H,5-8,12H2. The second-order valence-electron chi connectivity index (χ2n) is 7.38. The molecule has 0 saturated carbocycles. The van der Waals surface area contributed by atoms with E-state index >= 15 is 0 Å². The fourth-order valence-electron chi connectivity index (χ4n) is 3.49. The number of oxazole rings is 1. The summed E-state index contributed by atoms with van der Waals surface area (Å²) < 4.78 is 52.9. The van der Waals surface area contributed by atoms with Gasteiger partial charge < -0.3 is 23.4 Å². The molecule has 3 heterocycles. The lowest BCUT2D eigenvalue weighted by Gasteiger charge is -2.34. The van der Waals surface area contributed by atoms with Gasteiger partial charge in [0.1, 0.15) is 17.4 Å². The molecule has 0 spiro atoms. The van der Waals surface area contributed by atoms with Gasteiger partial charge in [0.05, 0.1) is 11.2 Å². The number of nitriles is 1. The van der Waals surface area contributed by atoms with Gasteiger partial charge in [-0.1, -0.05) is 0 Å². The number of nitro groups is 1. The summed E-state index contributed by atoms with van der Waals surface area (Å²) in [7, 11) is 0. The number of amides is 1. The summed E-state index contributed by atoms with van der Waals surface area (Å²) in [6, 6.07) is 8.06. The van der Waals surface area contributed by atoms with Crippen LogP contribution in [0.2, 0.25) is 0 Å². The zero-order chi connectivity index (χ0) is 25.2. The third-order valence-corrected chi connectivity index (χ3v) is 5.10. The molecular formula is C21H16F3N5O6. The minimum atomic E-state index is -4.61. The number of alkyl halides is 3. The normalized spacial score (nSPS) is 14.0. The molecule has 0 unspecified atom stereocenters. The van der Waals surface area contributed by atoms with Crippen molar-refractivity contribution in [1.29, 1.82) is 5.26 Å². The molecule has 0 radical (unpaired) electrons. The highest BCUT2D eigenvalue weighted by Gasteiger charge is 2.32. The summed E-state index contributed by atoms with van der Waals surface area (Å²) in [5.74, 6) is -0.406. The number of rotatable bonds is 6. The number of furan rings is 1. The topological polar surface area (TPSA) is 139 Å². The predicted molar refractivity (Wildman–Crippen MR) is 112 cm³/mol. The molecule has 0 atom stereocenters. The summed E-state index contributed by atoms with van der Waals surface area (Å²) in [4.78, 5) is 30.8. The van der Waals surface area contributed by atoms with Crippen LogP contribution in [0.5, 0.6) is 5.75 Å². The summed E-state index contributed by atoms with van der Waals surface area (Å²) in [6.45, 7) is -0.970. The first-order chi connectivity index (χ1) is 16.7. The van der Waals surface area contributed by atoms with Gasteiger partial charge in [-0.25, -0.2) is 0 Å². The van der Waals surface area contributed by atoms with Crippen LogP contribution in [0.25, 0.3) is 11.7 Å². The molecule has 11 nitrogen and oxygen atoms in total. The van der Waals surface area contributed by atoms with Gasteiger partial charge in [0.15, 0.2) is 12.4 Å². The van der Waals surface area contributed by atoms with E-state index < -0.39 is 29.3 Å². The maximum atomic E-state index is 13.0. The van der Waals surface area contributed by atoms with Crippen LogP contribution in [-0.4, -0.2) is 59.7 Å². The lowest BCUT2D eigenvalue weighted by Crippen LogP contribution is -2.49. The molecule has 1 aliphatic rings. The van der Waals surface area contributed by atoms with E-state index in [0.717, 1.165) is 18.2 Å². The molecule has 0 bridgehead atoms. The maximum absolute atomic E-state index is 13.0. The van der Waals surface area contributed by atoms with Gasteiger partial charge in [-0.15, -0.1) is 0 Å². The van der Waals surface area contributed by atoms with Crippen LogP contribution in [0.15, 0.2) is 45.4 Å². The molecule has 1 fully saturated rings. The number of halogens is 3. The molecule has 0 N–H and O–H groups in total. The summed E-state index contributed by atoms with van der Waals surface area (Å²) in [5.41, 5.74) is -0.913. The van der Waals surface area contributed by atoms with Crippen molar-refractivity contribution in [2.45, 2.75) is 6.18 Å². The number of nitrogens with zero attached hydrogens (tertiary/aromatic N) is 5. The van der Waals surface area contributed by atoms with E-state index in [1.54, 1.807) is 17.0 Å². The molecule has 0 aliphatic carbocycles. The molecule has 3 aromatic rings. The third kappa shape index (κ3) is 5.18. The van der Waals surface area contributed by atoms with E-state index in [1.807, 2.05) is 6.07 Å². The van der Waals surface area contributed by atoms with E-state index in [4.69, 9.17) is 8.83 Å². The minimum absolute atomic E-state index is 0.0290. The Morgan fingerprint density at radius 2 is 2.00 bits per heavy atom. The first-order valence-electron chi connectivity index (χ1n) is 10.1. The van der Waals surface area contributed by atoms with E-state index in [1.165, 1.54) is 11.2 Å². The Kier molecular flexibility index (Phi) is 6.32. The van der Waals surface area contributed by atoms with Crippen molar-refractivity contribution in [2.75, 3.05) is 37.7 Å². The van der Waals surface area contributed by atoms with Crippen molar-refractivity contribution >= 4 is 17.5 Å². The van der Waals surface area contributed by atoms with Crippen LogP contribution in [0.1, 0.15) is 16.1 Å². The van der Waals surface area contributed by atoms with Crippen molar-refractivity contribution in [1.82, 2.24) is 9.88 Å². The number of carbonyl (C=O) groups is 1. The van der Waals surface area contributed by atoms with Crippen LogP contribution < -0.4 is 9.64 Å².